The van der Waals surface area contributed by atoms with Gasteiger partial charge in [-0.1, -0.05) is 25.3 Å². The summed E-state index contributed by atoms with van der Waals surface area (Å²) in [6.45, 7) is 8.88. The maximum atomic E-state index is 8.33. The minimum atomic E-state index is 0.465. The van der Waals surface area contributed by atoms with Crippen molar-refractivity contribution in [3.63, 3.8) is 0 Å². The number of hydrogen-bond acceptors (Lipinski definition) is 1. The highest BCUT2D eigenvalue weighted by molar-refractivity contribution is 5.44. The Bertz CT molecular complexity index is 191. The summed E-state index contributed by atoms with van der Waals surface area (Å²) in [6, 6.07) is 1.93. The van der Waals surface area contributed by atoms with Gasteiger partial charge in [-0.3, -0.25) is 0 Å². The second-order valence-corrected chi connectivity index (χ2v) is 1.54. The van der Waals surface area contributed by atoms with Crippen LogP contribution in [-0.2, 0) is 0 Å². The van der Waals surface area contributed by atoms with Gasteiger partial charge in [0.05, 0.1) is 11.6 Å². The highest BCUT2D eigenvalue weighted by Crippen LogP contribution is 2.05. The summed E-state index contributed by atoms with van der Waals surface area (Å²) in [5.74, 6) is 0. The van der Waals surface area contributed by atoms with Gasteiger partial charge in [-0.05, 0) is 12.5 Å². The molecule has 0 aromatic rings. The number of allylic oxidation sites excluding steroid dienone is 4. The first-order valence-corrected chi connectivity index (χ1v) is 2.64. The molecule has 0 unspecified atom stereocenters. The van der Waals surface area contributed by atoms with Crippen LogP contribution in [0.2, 0.25) is 0 Å². The van der Waals surface area contributed by atoms with Gasteiger partial charge in [-0.25, -0.2) is 0 Å². The summed E-state index contributed by atoms with van der Waals surface area (Å²) in [5, 5.41) is 8.33. The summed E-state index contributed by atoms with van der Waals surface area (Å²) in [4.78, 5) is 0. The molecule has 9 heavy (non-hydrogen) atoms. The average Bonchev–Trinajstić information content (AvgIpc) is 1.90. The molecule has 0 amide bonds. The van der Waals surface area contributed by atoms with Crippen molar-refractivity contribution in [3.8, 4) is 6.07 Å². The molecule has 0 saturated carbocycles. The highest BCUT2D eigenvalue weighted by Gasteiger charge is 1.91. The molecule has 0 aliphatic heterocycles. The maximum Gasteiger partial charge on any atom is 0.0991 e. The van der Waals surface area contributed by atoms with Gasteiger partial charge in [0.2, 0.25) is 0 Å². The Balaban J connectivity index is 4.37. The van der Waals surface area contributed by atoms with Crippen molar-refractivity contribution in [1.29, 1.82) is 5.26 Å². The quantitative estimate of drug-likeness (QED) is 0.404. The van der Waals surface area contributed by atoms with Crippen molar-refractivity contribution in [1.82, 2.24) is 0 Å². The van der Waals surface area contributed by atoms with Gasteiger partial charge >= 0.3 is 0 Å². The minimum Gasteiger partial charge on any atom is -0.192 e. The van der Waals surface area contributed by atoms with E-state index in [1.807, 2.05) is 13.0 Å². The van der Waals surface area contributed by atoms with Crippen molar-refractivity contribution in [2.75, 3.05) is 0 Å². The van der Waals surface area contributed by atoms with E-state index in [0.717, 1.165) is 5.57 Å². The van der Waals surface area contributed by atoms with Gasteiger partial charge in [0, 0.05) is 0 Å². The molecule has 0 heterocycles. The van der Waals surface area contributed by atoms with Crippen LogP contribution < -0.4 is 0 Å². The Labute approximate surface area is 55.6 Å². The SMILES string of the molecule is C=CC(=CC)C(=C)C#N. The number of nitriles is 1. The van der Waals surface area contributed by atoms with Gasteiger partial charge < -0.3 is 0 Å². The summed E-state index contributed by atoms with van der Waals surface area (Å²) >= 11 is 0. The zero-order chi connectivity index (χ0) is 7.28. The van der Waals surface area contributed by atoms with Crippen molar-refractivity contribution in [3.05, 3.63) is 36.5 Å². The summed E-state index contributed by atoms with van der Waals surface area (Å²) in [6.07, 6.45) is 3.42. The van der Waals surface area contributed by atoms with Crippen LogP contribution in [0.15, 0.2) is 36.5 Å². The Morgan fingerprint density at radius 3 is 2.33 bits per heavy atom. The van der Waals surface area contributed by atoms with Crippen LogP contribution in [0, 0.1) is 11.3 Å². The van der Waals surface area contributed by atoms with Crippen LogP contribution in [0.25, 0.3) is 0 Å². The summed E-state index contributed by atoms with van der Waals surface area (Å²) in [5.41, 5.74) is 1.27. The third-order valence-corrected chi connectivity index (χ3v) is 1.01. The molecule has 0 atom stereocenters. The molecule has 1 nitrogen and oxygen atoms in total. The largest absolute Gasteiger partial charge is 0.192 e. The Kier molecular flexibility index (Phi) is 3.15. The highest BCUT2D eigenvalue weighted by atomic mass is 14.2. The standard InChI is InChI=1S/C8H9N/c1-4-8(5-2)7(3)6-9/h4-5H,1,3H2,2H3. The van der Waals surface area contributed by atoms with E-state index >= 15 is 0 Å². The molecule has 0 N–H and O–H groups in total. The van der Waals surface area contributed by atoms with E-state index in [-0.39, 0.29) is 0 Å². The molecular formula is C8H9N. The molecule has 0 aromatic heterocycles. The zero-order valence-electron chi connectivity index (χ0n) is 5.52. The van der Waals surface area contributed by atoms with Gasteiger partial charge in [0.1, 0.15) is 0 Å². The topological polar surface area (TPSA) is 23.8 Å². The van der Waals surface area contributed by atoms with Crippen molar-refractivity contribution in [2.24, 2.45) is 0 Å². The van der Waals surface area contributed by atoms with Gasteiger partial charge in [0.25, 0.3) is 0 Å². The Hall–Kier alpha value is -1.29. The molecule has 1 heteroatoms. The van der Waals surface area contributed by atoms with Crippen LogP contribution in [0.4, 0.5) is 0 Å². The first-order valence-electron chi connectivity index (χ1n) is 2.64. The van der Waals surface area contributed by atoms with E-state index < -0.39 is 0 Å². The van der Waals surface area contributed by atoms with Gasteiger partial charge in [0.15, 0.2) is 0 Å². The van der Waals surface area contributed by atoms with Crippen LogP contribution >= 0.6 is 0 Å². The lowest BCUT2D eigenvalue weighted by Gasteiger charge is -1.91. The molecule has 0 radical (unpaired) electrons. The van der Waals surface area contributed by atoms with Crippen LogP contribution in [0.5, 0.6) is 0 Å². The molecule has 0 aliphatic rings. The van der Waals surface area contributed by atoms with Crippen molar-refractivity contribution >= 4 is 0 Å². The lowest BCUT2D eigenvalue weighted by atomic mass is 10.1. The fourth-order valence-electron chi connectivity index (χ4n) is 0.480. The monoisotopic (exact) mass is 119 g/mol. The molecule has 0 rings (SSSR count). The van der Waals surface area contributed by atoms with Crippen LogP contribution in [0.3, 0.4) is 0 Å². The fraction of sp³-hybridized carbons (Fsp3) is 0.125. The van der Waals surface area contributed by atoms with E-state index in [9.17, 15) is 0 Å². The van der Waals surface area contributed by atoms with Crippen molar-refractivity contribution in [2.45, 2.75) is 6.92 Å². The van der Waals surface area contributed by atoms with E-state index in [1.54, 1.807) is 12.2 Å². The minimum absolute atomic E-state index is 0.465. The van der Waals surface area contributed by atoms with Gasteiger partial charge in [-0.15, -0.1) is 0 Å². The molecule has 0 saturated heterocycles. The maximum absolute atomic E-state index is 8.33. The fourth-order valence-corrected chi connectivity index (χ4v) is 0.480. The summed E-state index contributed by atoms with van der Waals surface area (Å²) in [7, 11) is 0. The first-order chi connectivity index (χ1) is 4.26. The number of nitrogens with zero attached hydrogens (tertiary/aromatic N) is 1. The van der Waals surface area contributed by atoms with Crippen LogP contribution in [-0.4, -0.2) is 0 Å². The molecule has 0 aromatic carbocycles. The Morgan fingerprint density at radius 1 is 1.67 bits per heavy atom. The lowest BCUT2D eigenvalue weighted by molar-refractivity contribution is 1.46. The Morgan fingerprint density at radius 2 is 2.22 bits per heavy atom. The smallest absolute Gasteiger partial charge is 0.0991 e. The molecule has 46 valence electrons. The number of rotatable bonds is 2. The van der Waals surface area contributed by atoms with E-state index in [0.29, 0.717) is 5.57 Å². The summed E-state index contributed by atoms with van der Waals surface area (Å²) < 4.78 is 0. The van der Waals surface area contributed by atoms with E-state index in [2.05, 4.69) is 13.2 Å². The third-order valence-electron chi connectivity index (χ3n) is 1.01. The molecule has 0 fully saturated rings. The van der Waals surface area contributed by atoms with Gasteiger partial charge in [-0.2, -0.15) is 5.26 Å². The second kappa shape index (κ2) is 3.68. The predicted octanol–water partition coefficient (Wildman–Crippen LogP) is 2.20. The average molecular weight is 119 g/mol. The predicted molar refractivity (Wildman–Crippen MR) is 38.7 cm³/mol. The van der Waals surface area contributed by atoms with E-state index in [4.69, 9.17) is 5.26 Å². The number of hydrogen-bond donors (Lipinski definition) is 0. The molecule has 0 spiro atoms. The molecule has 0 bridgehead atoms. The van der Waals surface area contributed by atoms with Crippen LogP contribution in [0.1, 0.15) is 6.92 Å². The zero-order valence-corrected chi connectivity index (χ0v) is 5.52. The van der Waals surface area contributed by atoms with E-state index in [1.165, 1.54) is 0 Å². The van der Waals surface area contributed by atoms with Crippen molar-refractivity contribution < 1.29 is 0 Å². The molecular weight excluding hydrogens is 110 g/mol. The third kappa shape index (κ3) is 1.96. The first kappa shape index (κ1) is 7.71. The normalized spacial score (nSPS) is 10.0. The molecule has 0 aliphatic carbocycles. The second-order valence-electron chi connectivity index (χ2n) is 1.54. The lowest BCUT2D eigenvalue weighted by Crippen LogP contribution is -1.77.